The Morgan fingerprint density at radius 2 is 1.63 bits per heavy atom. The van der Waals surface area contributed by atoms with Gasteiger partial charge in [-0.2, -0.15) is 0 Å². The van der Waals surface area contributed by atoms with Crippen LogP contribution in [0, 0.1) is 23.7 Å². The van der Waals surface area contributed by atoms with Gasteiger partial charge in [-0.1, -0.05) is 26.0 Å². The van der Waals surface area contributed by atoms with E-state index in [1.54, 1.807) is 0 Å². The van der Waals surface area contributed by atoms with Gasteiger partial charge in [-0.05, 0) is 31.3 Å². The third kappa shape index (κ3) is 1.84. The molecule has 4 nitrogen and oxygen atoms in total. The smallest absolute Gasteiger partial charge is 0.233 e. The number of hydrogen-bond donors (Lipinski definition) is 0. The van der Waals surface area contributed by atoms with Gasteiger partial charge in [0.25, 0.3) is 0 Å². The van der Waals surface area contributed by atoms with Gasteiger partial charge in [0.15, 0.2) is 0 Å². The third-order valence-electron chi connectivity index (χ3n) is 5.10. The Balaban J connectivity index is 1.69. The molecule has 1 aliphatic heterocycles. The van der Waals surface area contributed by atoms with E-state index in [-0.39, 0.29) is 23.7 Å². The molecule has 2 aliphatic carbocycles. The Morgan fingerprint density at radius 3 is 2.11 bits per heavy atom. The summed E-state index contributed by atoms with van der Waals surface area (Å²) in [7, 11) is 0. The highest BCUT2D eigenvalue weighted by molar-refractivity contribution is 6.06. The van der Waals surface area contributed by atoms with E-state index >= 15 is 0 Å². The zero-order valence-electron chi connectivity index (χ0n) is 11.7. The van der Waals surface area contributed by atoms with Crippen molar-refractivity contribution in [1.29, 1.82) is 0 Å². The Labute approximate surface area is 114 Å². The van der Waals surface area contributed by atoms with E-state index in [4.69, 9.17) is 0 Å². The molecule has 0 spiro atoms. The van der Waals surface area contributed by atoms with E-state index in [9.17, 15) is 9.59 Å². The first-order valence-corrected chi connectivity index (χ1v) is 7.43. The number of imide groups is 1. The van der Waals surface area contributed by atoms with Crippen molar-refractivity contribution in [1.82, 2.24) is 9.80 Å². The lowest BCUT2D eigenvalue weighted by Gasteiger charge is -2.22. The number of carbonyl (C=O) groups is 2. The molecule has 0 N–H and O–H groups in total. The summed E-state index contributed by atoms with van der Waals surface area (Å²) >= 11 is 0. The first-order chi connectivity index (χ1) is 9.17. The second kappa shape index (κ2) is 4.75. The molecule has 2 bridgehead atoms. The van der Waals surface area contributed by atoms with Crippen molar-refractivity contribution < 1.29 is 9.59 Å². The molecular weight excluding hydrogens is 240 g/mol. The van der Waals surface area contributed by atoms with Crippen molar-refractivity contribution in [3.05, 3.63) is 12.2 Å². The van der Waals surface area contributed by atoms with Gasteiger partial charge in [-0.15, -0.1) is 0 Å². The molecule has 3 rings (SSSR count). The normalized spacial score (nSPS) is 35.8. The fraction of sp³-hybridized carbons (Fsp3) is 0.733. The van der Waals surface area contributed by atoms with Crippen molar-refractivity contribution in [2.24, 2.45) is 23.7 Å². The third-order valence-corrected chi connectivity index (χ3v) is 5.10. The molecule has 4 atom stereocenters. The molecule has 1 saturated carbocycles. The molecule has 3 aliphatic rings. The lowest BCUT2D eigenvalue weighted by molar-refractivity contribution is -0.140. The number of rotatable bonds is 5. The fourth-order valence-corrected chi connectivity index (χ4v) is 3.97. The highest BCUT2D eigenvalue weighted by atomic mass is 16.2. The summed E-state index contributed by atoms with van der Waals surface area (Å²) in [5.41, 5.74) is 0. The van der Waals surface area contributed by atoms with E-state index in [0.29, 0.717) is 18.4 Å². The standard InChI is InChI=1S/C15H22N2O2/c1-3-16(4-2)7-8-17-14(18)12-10-5-6-11(9-10)13(12)15(17)19/h5-6,10-13H,3-4,7-9H2,1-2H3/t10-,11-,12-,13+/m0/s1. The fourth-order valence-electron chi connectivity index (χ4n) is 3.97. The minimum Gasteiger partial charge on any atom is -0.302 e. The zero-order chi connectivity index (χ0) is 13.6. The van der Waals surface area contributed by atoms with Crippen LogP contribution in [0.25, 0.3) is 0 Å². The molecule has 19 heavy (non-hydrogen) atoms. The largest absolute Gasteiger partial charge is 0.302 e. The van der Waals surface area contributed by atoms with E-state index in [0.717, 1.165) is 26.1 Å². The van der Waals surface area contributed by atoms with Crippen molar-refractivity contribution in [3.63, 3.8) is 0 Å². The average molecular weight is 262 g/mol. The molecule has 104 valence electrons. The molecule has 1 saturated heterocycles. The summed E-state index contributed by atoms with van der Waals surface area (Å²) in [6, 6.07) is 0. The molecule has 0 aromatic rings. The summed E-state index contributed by atoms with van der Waals surface area (Å²) in [4.78, 5) is 28.6. The summed E-state index contributed by atoms with van der Waals surface area (Å²) in [6.07, 6.45) is 5.30. The van der Waals surface area contributed by atoms with Crippen LogP contribution in [0.5, 0.6) is 0 Å². The minimum absolute atomic E-state index is 0.0424. The predicted molar refractivity (Wildman–Crippen MR) is 72.2 cm³/mol. The van der Waals surface area contributed by atoms with Crippen LogP contribution in [0.2, 0.25) is 0 Å². The Hall–Kier alpha value is -1.16. The number of fused-ring (bicyclic) bond motifs is 5. The van der Waals surface area contributed by atoms with Crippen molar-refractivity contribution >= 4 is 11.8 Å². The monoisotopic (exact) mass is 262 g/mol. The molecule has 2 amide bonds. The van der Waals surface area contributed by atoms with Gasteiger partial charge in [0.1, 0.15) is 0 Å². The summed E-state index contributed by atoms with van der Waals surface area (Å²) in [5.74, 6) is 0.728. The highest BCUT2D eigenvalue weighted by Crippen LogP contribution is 2.52. The van der Waals surface area contributed by atoms with E-state index in [1.165, 1.54) is 4.90 Å². The van der Waals surface area contributed by atoms with Crippen molar-refractivity contribution in [2.75, 3.05) is 26.2 Å². The van der Waals surface area contributed by atoms with Crippen LogP contribution in [0.1, 0.15) is 20.3 Å². The summed E-state index contributed by atoms with van der Waals surface area (Å²) in [5, 5.41) is 0. The van der Waals surface area contributed by atoms with Gasteiger partial charge in [0.2, 0.25) is 11.8 Å². The molecule has 0 unspecified atom stereocenters. The quantitative estimate of drug-likeness (QED) is 0.551. The predicted octanol–water partition coefficient (Wildman–Crippen LogP) is 1.14. The molecule has 0 aromatic heterocycles. The number of hydrogen-bond acceptors (Lipinski definition) is 3. The molecule has 2 fully saturated rings. The Morgan fingerprint density at radius 1 is 1.11 bits per heavy atom. The van der Waals surface area contributed by atoms with E-state index in [1.807, 2.05) is 0 Å². The molecule has 0 aromatic carbocycles. The van der Waals surface area contributed by atoms with Crippen molar-refractivity contribution in [2.45, 2.75) is 20.3 Å². The SMILES string of the molecule is CCN(CC)CCN1C(=O)[C@@H]2[C@H](C1=O)[C@H]1C=C[C@H]2C1. The average Bonchev–Trinajstić information content (AvgIpc) is 3.08. The number of allylic oxidation sites excluding steroid dienone is 2. The van der Waals surface area contributed by atoms with Gasteiger partial charge in [0.05, 0.1) is 11.8 Å². The molecule has 0 radical (unpaired) electrons. The van der Waals surface area contributed by atoms with Gasteiger partial charge in [0, 0.05) is 13.1 Å². The van der Waals surface area contributed by atoms with Crippen LogP contribution in [0.3, 0.4) is 0 Å². The topological polar surface area (TPSA) is 40.6 Å². The molecular formula is C15H22N2O2. The Kier molecular flexibility index (Phi) is 3.21. The van der Waals surface area contributed by atoms with E-state index < -0.39 is 0 Å². The maximum atomic E-state index is 12.4. The first kappa shape index (κ1) is 12.9. The van der Waals surface area contributed by atoms with Crippen LogP contribution in [0.4, 0.5) is 0 Å². The number of carbonyl (C=O) groups excluding carboxylic acids is 2. The van der Waals surface area contributed by atoms with E-state index in [2.05, 4.69) is 30.9 Å². The summed E-state index contributed by atoms with van der Waals surface area (Å²) < 4.78 is 0. The zero-order valence-corrected chi connectivity index (χ0v) is 11.7. The second-order valence-corrected chi connectivity index (χ2v) is 5.85. The number of likely N-dealkylation sites (N-methyl/N-ethyl adjacent to an activating group) is 1. The van der Waals surface area contributed by atoms with Crippen LogP contribution in [-0.2, 0) is 9.59 Å². The first-order valence-electron chi connectivity index (χ1n) is 7.43. The van der Waals surface area contributed by atoms with Crippen LogP contribution in [-0.4, -0.2) is 47.8 Å². The van der Waals surface area contributed by atoms with Crippen LogP contribution in [0.15, 0.2) is 12.2 Å². The lowest BCUT2D eigenvalue weighted by atomic mass is 9.85. The maximum Gasteiger partial charge on any atom is 0.233 e. The lowest BCUT2D eigenvalue weighted by Crippen LogP contribution is -2.39. The van der Waals surface area contributed by atoms with Gasteiger partial charge in [-0.3, -0.25) is 14.5 Å². The maximum absolute atomic E-state index is 12.4. The molecule has 4 heteroatoms. The minimum atomic E-state index is -0.0424. The second-order valence-electron chi connectivity index (χ2n) is 5.85. The summed E-state index contributed by atoms with van der Waals surface area (Å²) in [6.45, 7) is 7.50. The number of nitrogens with zero attached hydrogens (tertiary/aromatic N) is 2. The number of likely N-dealkylation sites (tertiary alicyclic amines) is 1. The molecule has 1 heterocycles. The number of amides is 2. The van der Waals surface area contributed by atoms with Gasteiger partial charge >= 0.3 is 0 Å². The van der Waals surface area contributed by atoms with Gasteiger partial charge in [-0.25, -0.2) is 0 Å². The van der Waals surface area contributed by atoms with Gasteiger partial charge < -0.3 is 4.90 Å². The van der Waals surface area contributed by atoms with Crippen molar-refractivity contribution in [3.8, 4) is 0 Å². The highest BCUT2D eigenvalue weighted by Gasteiger charge is 2.58. The van der Waals surface area contributed by atoms with Crippen LogP contribution >= 0.6 is 0 Å². The Bertz CT molecular complexity index is 398. The van der Waals surface area contributed by atoms with Crippen LogP contribution < -0.4 is 0 Å².